The third kappa shape index (κ3) is 5.79. The zero-order chi connectivity index (χ0) is 21.6. The topological polar surface area (TPSA) is 128 Å². The highest BCUT2D eigenvalue weighted by Crippen LogP contribution is 2.18. The standard InChI is InChI=1S/C17H19FN4O6S2/c1-2-27-22-30(24,25)13-5-3-11(4-6-13)15(21-28-12-7-8-26-10-12)16(23)20-17-19-9-14(18)29-17/h3-6,9,12,22H,2,7-8,10H2,1H3,(H,19,20,23)/t12-/m1/s1. The monoisotopic (exact) mass is 458 g/mol. The molecule has 1 aromatic carbocycles. The number of thiazole rings is 1. The van der Waals surface area contributed by atoms with Gasteiger partial charge >= 0.3 is 0 Å². The minimum absolute atomic E-state index is 0.0505. The van der Waals surface area contributed by atoms with E-state index in [1.54, 1.807) is 6.92 Å². The summed E-state index contributed by atoms with van der Waals surface area (Å²) in [5, 5.41) is 5.88. The molecule has 0 saturated carbocycles. The van der Waals surface area contributed by atoms with Crippen LogP contribution in [0.15, 0.2) is 40.5 Å². The van der Waals surface area contributed by atoms with Crippen molar-refractivity contribution in [3.8, 4) is 0 Å². The lowest BCUT2D eigenvalue weighted by Gasteiger charge is -2.10. The van der Waals surface area contributed by atoms with Gasteiger partial charge in [0.2, 0.25) is 0 Å². The van der Waals surface area contributed by atoms with Crippen molar-refractivity contribution in [1.82, 2.24) is 9.87 Å². The Morgan fingerprint density at radius 3 is 2.77 bits per heavy atom. The van der Waals surface area contributed by atoms with Crippen LogP contribution in [-0.2, 0) is 29.2 Å². The second-order valence-corrected chi connectivity index (χ2v) is 8.62. The Bertz CT molecular complexity index is 1000. The minimum atomic E-state index is -3.87. The van der Waals surface area contributed by atoms with Gasteiger partial charge in [-0.25, -0.2) is 13.4 Å². The van der Waals surface area contributed by atoms with E-state index in [1.165, 1.54) is 24.3 Å². The smallest absolute Gasteiger partial charge is 0.280 e. The molecule has 162 valence electrons. The van der Waals surface area contributed by atoms with Crippen LogP contribution in [0.5, 0.6) is 0 Å². The molecule has 0 aliphatic carbocycles. The Morgan fingerprint density at radius 2 is 2.17 bits per heavy atom. The molecule has 2 N–H and O–H groups in total. The zero-order valence-corrected chi connectivity index (χ0v) is 17.5. The number of oxime groups is 1. The second kappa shape index (κ2) is 10.0. The molecule has 1 aliphatic heterocycles. The molecule has 0 spiro atoms. The van der Waals surface area contributed by atoms with Crippen molar-refractivity contribution >= 4 is 38.1 Å². The number of nitrogens with one attached hydrogen (secondary N) is 2. The van der Waals surface area contributed by atoms with Gasteiger partial charge in [0.05, 0.1) is 30.9 Å². The van der Waals surface area contributed by atoms with Gasteiger partial charge in [-0.2, -0.15) is 4.39 Å². The van der Waals surface area contributed by atoms with E-state index in [4.69, 9.17) is 14.4 Å². The molecule has 1 saturated heterocycles. The van der Waals surface area contributed by atoms with Crippen LogP contribution in [0.4, 0.5) is 9.52 Å². The SMILES string of the molecule is CCONS(=O)(=O)c1ccc(C(=NO[C@@H]2CCOC2)C(=O)Nc2ncc(F)s2)cc1. The van der Waals surface area contributed by atoms with Crippen LogP contribution in [0.25, 0.3) is 0 Å². The van der Waals surface area contributed by atoms with E-state index in [0.29, 0.717) is 36.5 Å². The molecule has 2 aromatic rings. The van der Waals surface area contributed by atoms with Crippen molar-refractivity contribution in [2.45, 2.75) is 24.3 Å². The molecule has 3 rings (SSSR count). The number of rotatable bonds is 9. The molecule has 1 atom stereocenters. The fourth-order valence-electron chi connectivity index (χ4n) is 2.39. The van der Waals surface area contributed by atoms with Crippen LogP contribution >= 0.6 is 11.3 Å². The number of aromatic nitrogens is 1. The van der Waals surface area contributed by atoms with Gasteiger partial charge in [0.15, 0.2) is 22.1 Å². The maximum atomic E-state index is 13.2. The molecule has 0 radical (unpaired) electrons. The molecule has 1 aromatic heterocycles. The Hall–Kier alpha value is -2.45. The summed E-state index contributed by atoms with van der Waals surface area (Å²) in [6.07, 6.45) is 1.30. The molecule has 0 bridgehead atoms. The van der Waals surface area contributed by atoms with Crippen LogP contribution in [0.1, 0.15) is 18.9 Å². The zero-order valence-electron chi connectivity index (χ0n) is 15.8. The number of sulfonamides is 1. The van der Waals surface area contributed by atoms with Gasteiger partial charge in [0.1, 0.15) is 0 Å². The molecule has 2 heterocycles. The predicted octanol–water partition coefficient (Wildman–Crippen LogP) is 1.66. The highest BCUT2D eigenvalue weighted by molar-refractivity contribution is 7.89. The van der Waals surface area contributed by atoms with Crippen molar-refractivity contribution in [3.63, 3.8) is 0 Å². The number of halogens is 1. The number of anilines is 1. The Kier molecular flexibility index (Phi) is 7.44. The van der Waals surface area contributed by atoms with Crippen LogP contribution < -0.4 is 10.2 Å². The first-order chi connectivity index (χ1) is 14.4. The first kappa shape index (κ1) is 22.2. The fourth-order valence-corrected chi connectivity index (χ4v) is 3.80. The first-order valence-corrected chi connectivity index (χ1v) is 11.2. The normalized spacial score (nSPS) is 17.1. The van der Waals surface area contributed by atoms with Gasteiger partial charge in [-0.3, -0.25) is 14.9 Å². The largest absolute Gasteiger partial charge is 0.389 e. The summed E-state index contributed by atoms with van der Waals surface area (Å²) in [5.41, 5.74) is 0.165. The van der Waals surface area contributed by atoms with Gasteiger partial charge in [-0.15, -0.1) is 0 Å². The van der Waals surface area contributed by atoms with Crippen molar-refractivity contribution in [2.24, 2.45) is 5.16 Å². The average Bonchev–Trinajstić information content (AvgIpc) is 3.39. The molecular formula is C17H19FN4O6S2. The van der Waals surface area contributed by atoms with Crippen LogP contribution in [0, 0.1) is 5.13 Å². The number of amides is 1. The summed E-state index contributed by atoms with van der Waals surface area (Å²) in [5.74, 6) is -0.689. The lowest BCUT2D eigenvalue weighted by molar-refractivity contribution is -0.110. The van der Waals surface area contributed by atoms with Gasteiger partial charge in [-0.05, 0) is 19.1 Å². The Labute approximate surface area is 176 Å². The summed E-state index contributed by atoms with van der Waals surface area (Å²) in [4.78, 5) is 28.5. The molecule has 1 fully saturated rings. The lowest BCUT2D eigenvalue weighted by atomic mass is 10.1. The summed E-state index contributed by atoms with van der Waals surface area (Å²) >= 11 is 0.658. The minimum Gasteiger partial charge on any atom is -0.389 e. The van der Waals surface area contributed by atoms with Crippen LogP contribution in [0.3, 0.4) is 0 Å². The van der Waals surface area contributed by atoms with E-state index in [9.17, 15) is 17.6 Å². The number of carbonyl (C=O) groups excluding carboxylic acids is 1. The van der Waals surface area contributed by atoms with Crippen molar-refractivity contribution in [3.05, 3.63) is 41.2 Å². The second-order valence-electron chi connectivity index (χ2n) is 6.00. The van der Waals surface area contributed by atoms with Gasteiger partial charge in [0.25, 0.3) is 15.9 Å². The Balaban J connectivity index is 1.83. The van der Waals surface area contributed by atoms with E-state index >= 15 is 0 Å². The van der Waals surface area contributed by atoms with Gasteiger partial charge in [-0.1, -0.05) is 33.5 Å². The predicted molar refractivity (Wildman–Crippen MR) is 106 cm³/mol. The molecular weight excluding hydrogens is 439 g/mol. The maximum absolute atomic E-state index is 13.2. The van der Waals surface area contributed by atoms with Gasteiger partial charge in [0, 0.05) is 12.0 Å². The van der Waals surface area contributed by atoms with Crippen molar-refractivity contribution in [1.29, 1.82) is 0 Å². The highest BCUT2D eigenvalue weighted by Gasteiger charge is 2.22. The summed E-state index contributed by atoms with van der Waals surface area (Å²) in [7, 11) is -3.87. The van der Waals surface area contributed by atoms with E-state index < -0.39 is 21.1 Å². The molecule has 1 aliphatic rings. The molecule has 10 nitrogen and oxygen atoms in total. The van der Waals surface area contributed by atoms with E-state index in [2.05, 4.69) is 15.5 Å². The molecule has 1 amide bonds. The fraction of sp³-hybridized carbons (Fsp3) is 0.353. The Morgan fingerprint density at radius 1 is 1.40 bits per heavy atom. The molecule has 30 heavy (non-hydrogen) atoms. The number of nitrogens with zero attached hydrogens (tertiary/aromatic N) is 2. The number of carbonyl (C=O) groups is 1. The molecule has 0 unspecified atom stereocenters. The van der Waals surface area contributed by atoms with E-state index in [0.717, 1.165) is 6.20 Å². The maximum Gasteiger partial charge on any atom is 0.280 e. The lowest BCUT2D eigenvalue weighted by Crippen LogP contribution is -2.26. The number of ether oxygens (including phenoxy) is 1. The summed E-state index contributed by atoms with van der Waals surface area (Å²) in [6.45, 7) is 2.67. The van der Waals surface area contributed by atoms with Crippen molar-refractivity contribution in [2.75, 3.05) is 25.1 Å². The van der Waals surface area contributed by atoms with Gasteiger partial charge < -0.3 is 9.57 Å². The van der Waals surface area contributed by atoms with E-state index in [-0.39, 0.29) is 28.4 Å². The highest BCUT2D eigenvalue weighted by atomic mass is 32.2. The quantitative estimate of drug-likeness (QED) is 0.432. The van der Waals surface area contributed by atoms with Crippen LogP contribution in [-0.4, -0.2) is 50.9 Å². The first-order valence-electron chi connectivity index (χ1n) is 8.87. The van der Waals surface area contributed by atoms with E-state index in [1.807, 2.05) is 4.89 Å². The van der Waals surface area contributed by atoms with Crippen molar-refractivity contribution < 1.29 is 32.0 Å². The van der Waals surface area contributed by atoms with Crippen LogP contribution in [0.2, 0.25) is 0 Å². The number of hydrogen-bond acceptors (Lipinski definition) is 9. The molecule has 13 heteroatoms. The third-order valence-corrected chi connectivity index (χ3v) is 5.78. The summed E-state index contributed by atoms with van der Waals surface area (Å²) < 4.78 is 42.6. The summed E-state index contributed by atoms with van der Waals surface area (Å²) in [6, 6.07) is 5.38. The number of hydrogen-bond donors (Lipinski definition) is 2. The third-order valence-electron chi connectivity index (χ3n) is 3.85. The number of benzene rings is 1. The average molecular weight is 458 g/mol.